The summed E-state index contributed by atoms with van der Waals surface area (Å²) < 4.78 is 0. The smallest absolute Gasteiger partial charge is 0.324 e. The Morgan fingerprint density at radius 1 is 1.33 bits per heavy atom. The van der Waals surface area contributed by atoms with Gasteiger partial charge in [0.05, 0.1) is 15.8 Å². The molecule has 0 unspecified atom stereocenters. The van der Waals surface area contributed by atoms with E-state index in [1.54, 1.807) is 6.92 Å². The molecule has 2 aromatic rings. The molecule has 0 saturated carbocycles. The van der Waals surface area contributed by atoms with Gasteiger partial charge in [0.2, 0.25) is 5.91 Å². The molecular formula is C15H15N3O2S. The summed E-state index contributed by atoms with van der Waals surface area (Å²) in [5, 5.41) is 4.15. The summed E-state index contributed by atoms with van der Waals surface area (Å²) in [6.45, 7) is 2.76. The molecule has 6 heteroatoms. The van der Waals surface area contributed by atoms with Crippen LogP contribution >= 0.6 is 11.8 Å². The molecule has 2 heterocycles. The van der Waals surface area contributed by atoms with Crippen LogP contribution in [0.5, 0.6) is 0 Å². The molecule has 1 saturated heterocycles. The van der Waals surface area contributed by atoms with Gasteiger partial charge >= 0.3 is 6.03 Å². The van der Waals surface area contributed by atoms with E-state index in [9.17, 15) is 9.59 Å². The summed E-state index contributed by atoms with van der Waals surface area (Å²) >= 11 is 1.37. The Morgan fingerprint density at radius 2 is 2.14 bits per heavy atom. The van der Waals surface area contributed by atoms with E-state index in [1.165, 1.54) is 16.7 Å². The molecule has 108 valence electrons. The van der Waals surface area contributed by atoms with Gasteiger partial charge in [0.25, 0.3) is 0 Å². The molecule has 1 fully saturated rings. The van der Waals surface area contributed by atoms with Gasteiger partial charge in [0.15, 0.2) is 0 Å². The van der Waals surface area contributed by atoms with E-state index in [0.717, 1.165) is 15.9 Å². The Kier molecular flexibility index (Phi) is 3.79. The van der Waals surface area contributed by atoms with Crippen molar-refractivity contribution in [1.29, 1.82) is 0 Å². The first-order chi connectivity index (χ1) is 10.1. The molecule has 1 aliphatic rings. The van der Waals surface area contributed by atoms with E-state index in [2.05, 4.69) is 10.3 Å². The van der Waals surface area contributed by atoms with Crippen LogP contribution in [-0.2, 0) is 4.79 Å². The van der Waals surface area contributed by atoms with Crippen LogP contribution in [-0.4, -0.2) is 40.2 Å². The quantitative estimate of drug-likeness (QED) is 0.883. The van der Waals surface area contributed by atoms with Crippen molar-refractivity contribution in [2.75, 3.05) is 13.1 Å². The third-order valence-electron chi connectivity index (χ3n) is 3.34. The molecule has 0 spiro atoms. The number of hydrogen-bond donors (Lipinski definition) is 1. The summed E-state index contributed by atoms with van der Waals surface area (Å²) in [5.74, 6) is -0.176. The zero-order chi connectivity index (χ0) is 14.8. The lowest BCUT2D eigenvalue weighted by atomic mass is 10.2. The third kappa shape index (κ3) is 2.85. The lowest BCUT2D eigenvalue weighted by Crippen LogP contribution is -2.38. The van der Waals surface area contributed by atoms with E-state index in [4.69, 9.17) is 0 Å². The molecule has 3 amide bonds. The maximum atomic E-state index is 12.2. The average Bonchev–Trinajstić information content (AvgIpc) is 2.92. The number of carbonyl (C=O) groups excluding carboxylic acids is 2. The van der Waals surface area contributed by atoms with Crippen molar-refractivity contribution in [2.24, 2.45) is 0 Å². The predicted octanol–water partition coefficient (Wildman–Crippen LogP) is 2.27. The minimum absolute atomic E-state index is 0.176. The molecule has 0 radical (unpaired) electrons. The second-order valence-corrected chi connectivity index (χ2v) is 6.19. The number of urea groups is 1. The molecule has 1 N–H and O–H groups in total. The first-order valence-corrected chi connectivity index (χ1v) is 7.65. The molecule has 0 aliphatic carbocycles. The van der Waals surface area contributed by atoms with Crippen LogP contribution in [0.15, 0.2) is 41.4 Å². The number of nitrogens with zero attached hydrogens (tertiary/aromatic N) is 2. The lowest BCUT2D eigenvalue weighted by Gasteiger charge is -2.17. The number of thioether (sulfide) groups is 1. The maximum absolute atomic E-state index is 12.2. The molecule has 0 bridgehead atoms. The number of imide groups is 1. The van der Waals surface area contributed by atoms with Crippen LogP contribution in [0, 0.1) is 0 Å². The van der Waals surface area contributed by atoms with E-state index < -0.39 is 0 Å². The van der Waals surface area contributed by atoms with Gasteiger partial charge in [-0.3, -0.25) is 9.69 Å². The number of para-hydroxylation sites is 1. The summed E-state index contributed by atoms with van der Waals surface area (Å²) in [6, 6.07) is 11.4. The summed E-state index contributed by atoms with van der Waals surface area (Å²) in [7, 11) is 0. The second-order valence-electron chi connectivity index (χ2n) is 4.82. The zero-order valence-corrected chi connectivity index (χ0v) is 12.4. The Hall–Kier alpha value is -2.08. The highest BCUT2D eigenvalue weighted by Crippen LogP contribution is 2.25. The van der Waals surface area contributed by atoms with E-state index in [1.807, 2.05) is 36.4 Å². The molecule has 1 aromatic carbocycles. The standard InChI is InChI=1S/C15H15N3O2S/c1-10(14(19)18-9-8-16-15(18)20)21-13-7-6-11-4-2-3-5-12(11)17-13/h2-7,10H,8-9H2,1H3,(H,16,20)/t10-/m0/s1. The number of aromatic nitrogens is 1. The van der Waals surface area contributed by atoms with Gasteiger partial charge < -0.3 is 5.32 Å². The van der Waals surface area contributed by atoms with Crippen molar-refractivity contribution in [2.45, 2.75) is 17.2 Å². The average molecular weight is 301 g/mol. The fraction of sp³-hybridized carbons (Fsp3) is 0.267. The van der Waals surface area contributed by atoms with E-state index in [0.29, 0.717) is 13.1 Å². The van der Waals surface area contributed by atoms with Gasteiger partial charge in [-0.05, 0) is 19.1 Å². The lowest BCUT2D eigenvalue weighted by molar-refractivity contribution is -0.126. The first-order valence-electron chi connectivity index (χ1n) is 6.77. The maximum Gasteiger partial charge on any atom is 0.324 e. The Morgan fingerprint density at radius 3 is 2.90 bits per heavy atom. The number of nitrogens with one attached hydrogen (secondary N) is 1. The minimum Gasteiger partial charge on any atom is -0.336 e. The van der Waals surface area contributed by atoms with Crippen LogP contribution in [0.4, 0.5) is 4.79 Å². The van der Waals surface area contributed by atoms with Gasteiger partial charge in [-0.25, -0.2) is 9.78 Å². The largest absolute Gasteiger partial charge is 0.336 e. The normalized spacial score (nSPS) is 16.0. The number of rotatable bonds is 3. The van der Waals surface area contributed by atoms with Gasteiger partial charge in [0.1, 0.15) is 0 Å². The van der Waals surface area contributed by atoms with Crippen LogP contribution < -0.4 is 5.32 Å². The van der Waals surface area contributed by atoms with Gasteiger partial charge in [-0.15, -0.1) is 0 Å². The molecule has 5 nitrogen and oxygen atoms in total. The van der Waals surface area contributed by atoms with Crippen LogP contribution in [0.2, 0.25) is 0 Å². The number of hydrogen-bond acceptors (Lipinski definition) is 4. The van der Waals surface area contributed by atoms with Crippen molar-refractivity contribution in [3.63, 3.8) is 0 Å². The zero-order valence-electron chi connectivity index (χ0n) is 11.6. The number of pyridine rings is 1. The highest BCUT2D eigenvalue weighted by Gasteiger charge is 2.30. The molecule has 3 rings (SSSR count). The van der Waals surface area contributed by atoms with Gasteiger partial charge in [-0.1, -0.05) is 36.0 Å². The van der Waals surface area contributed by atoms with Crippen molar-refractivity contribution in [3.05, 3.63) is 36.4 Å². The first kappa shape index (κ1) is 13.9. The fourth-order valence-corrected chi connectivity index (χ4v) is 3.13. The minimum atomic E-state index is -0.345. The molecule has 1 atom stereocenters. The van der Waals surface area contributed by atoms with Crippen molar-refractivity contribution in [3.8, 4) is 0 Å². The molecular weight excluding hydrogens is 286 g/mol. The second kappa shape index (κ2) is 5.73. The third-order valence-corrected chi connectivity index (χ3v) is 4.37. The highest BCUT2D eigenvalue weighted by atomic mass is 32.2. The van der Waals surface area contributed by atoms with Crippen LogP contribution in [0.3, 0.4) is 0 Å². The van der Waals surface area contributed by atoms with E-state index in [-0.39, 0.29) is 17.2 Å². The molecule has 1 aromatic heterocycles. The monoisotopic (exact) mass is 301 g/mol. The number of fused-ring (bicyclic) bond motifs is 1. The van der Waals surface area contributed by atoms with Crippen molar-refractivity contribution in [1.82, 2.24) is 15.2 Å². The van der Waals surface area contributed by atoms with Gasteiger partial charge in [-0.2, -0.15) is 0 Å². The van der Waals surface area contributed by atoms with Crippen molar-refractivity contribution < 1.29 is 9.59 Å². The number of amides is 3. The Bertz CT molecular complexity index is 704. The Balaban J connectivity index is 1.75. The van der Waals surface area contributed by atoms with E-state index >= 15 is 0 Å². The van der Waals surface area contributed by atoms with Crippen LogP contribution in [0.1, 0.15) is 6.92 Å². The SMILES string of the molecule is C[C@H](Sc1ccc2ccccc2n1)C(=O)N1CCNC1=O. The highest BCUT2D eigenvalue weighted by molar-refractivity contribution is 8.00. The number of benzene rings is 1. The van der Waals surface area contributed by atoms with Crippen LogP contribution in [0.25, 0.3) is 10.9 Å². The summed E-state index contributed by atoms with van der Waals surface area (Å²) in [5.41, 5.74) is 0.904. The summed E-state index contributed by atoms with van der Waals surface area (Å²) in [4.78, 5) is 29.6. The predicted molar refractivity (Wildman–Crippen MR) is 82.2 cm³/mol. The molecule has 1 aliphatic heterocycles. The number of carbonyl (C=O) groups is 2. The fourth-order valence-electron chi connectivity index (χ4n) is 2.25. The van der Waals surface area contributed by atoms with Gasteiger partial charge in [0, 0.05) is 18.5 Å². The topological polar surface area (TPSA) is 62.3 Å². The Labute approximate surface area is 126 Å². The van der Waals surface area contributed by atoms with Crippen molar-refractivity contribution >= 4 is 34.6 Å². The molecule has 21 heavy (non-hydrogen) atoms. The summed E-state index contributed by atoms with van der Waals surface area (Å²) in [6.07, 6.45) is 0.